The number of dihydropyridines is 1. The number of benzene rings is 1. The Morgan fingerprint density at radius 1 is 1.30 bits per heavy atom. The first-order valence-corrected chi connectivity index (χ1v) is 5.91. The minimum Gasteiger partial charge on any atom is -0.457 e. The molecule has 1 heterocycles. The van der Waals surface area contributed by atoms with Crippen molar-refractivity contribution >= 4 is 5.97 Å². The lowest BCUT2D eigenvalue weighted by atomic mass is 10.1. The van der Waals surface area contributed by atoms with Crippen molar-refractivity contribution in [3.05, 3.63) is 59.3 Å². The van der Waals surface area contributed by atoms with E-state index in [0.29, 0.717) is 6.54 Å². The number of rotatable bonds is 3. The van der Waals surface area contributed by atoms with Crippen molar-refractivity contribution in [2.24, 2.45) is 0 Å². The normalized spacial score (nSPS) is 14.4. The molecule has 6 heteroatoms. The molecule has 1 aliphatic heterocycles. The molecule has 0 saturated carbocycles. The summed E-state index contributed by atoms with van der Waals surface area (Å²) in [7, 11) is 0. The number of carbonyl (C=O) groups is 1. The Hall–Kier alpha value is -2.24. The fourth-order valence-corrected chi connectivity index (χ4v) is 1.75. The highest BCUT2D eigenvalue weighted by atomic mass is 19.4. The van der Waals surface area contributed by atoms with Gasteiger partial charge in [0.15, 0.2) is 0 Å². The van der Waals surface area contributed by atoms with E-state index in [2.05, 4.69) is 5.32 Å². The number of carbonyl (C=O) groups excluding carboxylic acids is 1. The van der Waals surface area contributed by atoms with Crippen LogP contribution in [0.5, 0.6) is 0 Å². The highest BCUT2D eigenvalue weighted by molar-refractivity contribution is 5.91. The van der Waals surface area contributed by atoms with Crippen LogP contribution in [0.3, 0.4) is 0 Å². The van der Waals surface area contributed by atoms with E-state index >= 15 is 0 Å². The number of hydrogen-bond donors (Lipinski definition) is 1. The van der Waals surface area contributed by atoms with Crippen LogP contribution < -0.4 is 5.32 Å². The van der Waals surface area contributed by atoms with Crippen LogP contribution in [0.15, 0.2) is 48.2 Å². The van der Waals surface area contributed by atoms with Crippen LogP contribution in [0, 0.1) is 0 Å². The van der Waals surface area contributed by atoms with Crippen LogP contribution in [0.2, 0.25) is 0 Å². The van der Waals surface area contributed by atoms with Gasteiger partial charge in [-0.15, -0.1) is 0 Å². The molecule has 1 aromatic rings. The van der Waals surface area contributed by atoms with Crippen LogP contribution >= 0.6 is 0 Å². The molecule has 0 unspecified atom stereocenters. The Bertz CT molecular complexity index is 562. The Balaban J connectivity index is 2.06. The summed E-state index contributed by atoms with van der Waals surface area (Å²) < 4.78 is 43.2. The second-order valence-corrected chi connectivity index (χ2v) is 4.14. The maximum atomic E-state index is 12.8. The van der Waals surface area contributed by atoms with Crippen LogP contribution in [0.1, 0.15) is 11.1 Å². The topological polar surface area (TPSA) is 38.3 Å². The molecule has 0 radical (unpaired) electrons. The SMILES string of the molecule is O=C(OCc1ccccc1C(F)(F)F)C1=CNCC=C1. The number of esters is 1. The van der Waals surface area contributed by atoms with Gasteiger partial charge in [0.1, 0.15) is 6.61 Å². The molecule has 0 spiro atoms. The van der Waals surface area contributed by atoms with E-state index in [1.54, 1.807) is 12.2 Å². The summed E-state index contributed by atoms with van der Waals surface area (Å²) in [5.41, 5.74) is -0.582. The third-order valence-electron chi connectivity index (χ3n) is 2.71. The van der Waals surface area contributed by atoms with E-state index in [0.717, 1.165) is 6.07 Å². The maximum absolute atomic E-state index is 12.8. The van der Waals surface area contributed by atoms with Gasteiger partial charge in [0.2, 0.25) is 0 Å². The fraction of sp³-hybridized carbons (Fsp3) is 0.214. The molecule has 0 fully saturated rings. The predicted molar refractivity (Wildman–Crippen MR) is 66.5 cm³/mol. The van der Waals surface area contributed by atoms with E-state index < -0.39 is 24.3 Å². The summed E-state index contributed by atoms with van der Waals surface area (Å²) in [4.78, 5) is 11.7. The van der Waals surface area contributed by atoms with Crippen LogP contribution in [0.4, 0.5) is 13.2 Å². The number of hydrogen-bond acceptors (Lipinski definition) is 3. The van der Waals surface area contributed by atoms with Crippen molar-refractivity contribution in [2.75, 3.05) is 6.54 Å². The van der Waals surface area contributed by atoms with Gasteiger partial charge in [-0.3, -0.25) is 0 Å². The van der Waals surface area contributed by atoms with Gasteiger partial charge in [-0.25, -0.2) is 4.79 Å². The minimum absolute atomic E-state index is 0.0679. The minimum atomic E-state index is -4.46. The van der Waals surface area contributed by atoms with E-state index in [4.69, 9.17) is 4.74 Å². The quantitative estimate of drug-likeness (QED) is 0.867. The van der Waals surface area contributed by atoms with Crippen molar-refractivity contribution in [1.29, 1.82) is 0 Å². The molecule has 0 aliphatic carbocycles. The fourth-order valence-electron chi connectivity index (χ4n) is 1.75. The van der Waals surface area contributed by atoms with E-state index in [-0.39, 0.29) is 11.1 Å². The van der Waals surface area contributed by atoms with Crippen molar-refractivity contribution in [2.45, 2.75) is 12.8 Å². The molecule has 1 aromatic carbocycles. The molecule has 0 amide bonds. The van der Waals surface area contributed by atoms with Crippen LogP contribution in [0.25, 0.3) is 0 Å². The van der Waals surface area contributed by atoms with Gasteiger partial charge >= 0.3 is 12.1 Å². The number of alkyl halides is 3. The lowest BCUT2D eigenvalue weighted by Gasteiger charge is -2.13. The summed E-state index contributed by atoms with van der Waals surface area (Å²) in [6, 6.07) is 5.02. The van der Waals surface area contributed by atoms with Crippen molar-refractivity contribution in [3.63, 3.8) is 0 Å². The number of ether oxygens (including phenoxy) is 1. The first-order chi connectivity index (χ1) is 9.48. The van der Waals surface area contributed by atoms with Crippen molar-refractivity contribution in [1.82, 2.24) is 5.32 Å². The average Bonchev–Trinajstić information content (AvgIpc) is 2.45. The van der Waals surface area contributed by atoms with Crippen LogP contribution in [-0.4, -0.2) is 12.5 Å². The molecular formula is C14H12F3NO2. The van der Waals surface area contributed by atoms with E-state index in [1.165, 1.54) is 24.4 Å². The molecule has 0 saturated heterocycles. The predicted octanol–water partition coefficient (Wildman–Crippen LogP) is 2.79. The molecule has 1 aliphatic rings. The molecule has 106 valence electrons. The highest BCUT2D eigenvalue weighted by Gasteiger charge is 2.33. The van der Waals surface area contributed by atoms with Crippen molar-refractivity contribution in [3.8, 4) is 0 Å². The van der Waals surface area contributed by atoms with Gasteiger partial charge in [0, 0.05) is 18.3 Å². The molecule has 20 heavy (non-hydrogen) atoms. The summed E-state index contributed by atoms with van der Waals surface area (Å²) in [5, 5.41) is 2.82. The van der Waals surface area contributed by atoms with Gasteiger partial charge in [-0.2, -0.15) is 13.2 Å². The lowest BCUT2D eigenvalue weighted by molar-refractivity contribution is -0.144. The summed E-state index contributed by atoms with van der Waals surface area (Å²) in [6.07, 6.45) is 0.293. The summed E-state index contributed by atoms with van der Waals surface area (Å²) >= 11 is 0. The number of halogens is 3. The third-order valence-corrected chi connectivity index (χ3v) is 2.71. The molecule has 0 atom stereocenters. The summed E-state index contributed by atoms with van der Waals surface area (Å²) in [5.74, 6) is -0.662. The molecule has 1 N–H and O–H groups in total. The molecular weight excluding hydrogens is 271 g/mol. The van der Waals surface area contributed by atoms with Crippen LogP contribution in [-0.2, 0) is 22.3 Å². The molecule has 0 bridgehead atoms. The zero-order valence-electron chi connectivity index (χ0n) is 10.4. The van der Waals surface area contributed by atoms with Crippen molar-refractivity contribution < 1.29 is 22.7 Å². The van der Waals surface area contributed by atoms with Gasteiger partial charge in [-0.05, 0) is 12.1 Å². The smallest absolute Gasteiger partial charge is 0.416 e. The Morgan fingerprint density at radius 3 is 2.70 bits per heavy atom. The first-order valence-electron chi connectivity index (χ1n) is 5.91. The van der Waals surface area contributed by atoms with Gasteiger partial charge in [0.25, 0.3) is 0 Å². The molecule has 0 aromatic heterocycles. The Kier molecular flexibility index (Phi) is 4.12. The largest absolute Gasteiger partial charge is 0.457 e. The standard InChI is InChI=1S/C14H12F3NO2/c15-14(16,17)12-6-2-1-4-11(12)9-20-13(19)10-5-3-7-18-8-10/h1-6,8,18H,7,9H2. The number of nitrogens with one attached hydrogen (secondary N) is 1. The molecule has 3 nitrogen and oxygen atoms in total. The van der Waals surface area contributed by atoms with Gasteiger partial charge in [-0.1, -0.05) is 24.3 Å². The zero-order chi connectivity index (χ0) is 14.6. The van der Waals surface area contributed by atoms with Gasteiger partial charge in [0.05, 0.1) is 11.1 Å². The Labute approximate surface area is 113 Å². The second kappa shape index (κ2) is 5.81. The lowest BCUT2D eigenvalue weighted by Crippen LogP contribution is -2.16. The molecule has 2 rings (SSSR count). The zero-order valence-corrected chi connectivity index (χ0v) is 10.4. The third kappa shape index (κ3) is 3.40. The summed E-state index contributed by atoms with van der Waals surface area (Å²) in [6.45, 7) is 0.188. The van der Waals surface area contributed by atoms with E-state index in [9.17, 15) is 18.0 Å². The second-order valence-electron chi connectivity index (χ2n) is 4.14. The van der Waals surface area contributed by atoms with Gasteiger partial charge < -0.3 is 10.1 Å². The maximum Gasteiger partial charge on any atom is 0.416 e. The Morgan fingerprint density at radius 2 is 2.05 bits per heavy atom. The first kappa shape index (κ1) is 14.2. The van der Waals surface area contributed by atoms with E-state index in [1.807, 2.05) is 0 Å². The highest BCUT2D eigenvalue weighted by Crippen LogP contribution is 2.32. The monoisotopic (exact) mass is 283 g/mol. The average molecular weight is 283 g/mol.